The molecular weight excluding hydrogens is 406 g/mol. The Labute approximate surface area is 180 Å². The Balaban J connectivity index is 2.19. The molecule has 7 nitrogen and oxygen atoms in total. The van der Waals surface area contributed by atoms with Crippen molar-refractivity contribution in [2.24, 2.45) is 16.7 Å². The van der Waals surface area contributed by atoms with E-state index in [2.05, 4.69) is 6.08 Å². The van der Waals surface area contributed by atoms with Gasteiger partial charge in [0.2, 0.25) is 0 Å². The van der Waals surface area contributed by atoms with Crippen LogP contribution < -0.4 is 16.7 Å². The smallest absolute Gasteiger partial charge is 0.352 e. The number of rotatable bonds is 5. The van der Waals surface area contributed by atoms with Crippen LogP contribution in [-0.4, -0.2) is 35.8 Å². The number of anilines is 1. The van der Waals surface area contributed by atoms with E-state index in [9.17, 15) is 4.79 Å². The van der Waals surface area contributed by atoms with Gasteiger partial charge in [-0.25, -0.2) is 26.5 Å². The van der Waals surface area contributed by atoms with Crippen LogP contribution in [0.1, 0.15) is 17.5 Å². The Morgan fingerprint density at radius 1 is 1.28 bits per heavy atom. The third-order valence-electron chi connectivity index (χ3n) is 4.19. The molecule has 0 spiro atoms. The summed E-state index contributed by atoms with van der Waals surface area (Å²) in [4.78, 5) is 16.9. The van der Waals surface area contributed by atoms with Gasteiger partial charge in [0.15, 0.2) is 0 Å². The van der Waals surface area contributed by atoms with Crippen molar-refractivity contribution in [2.75, 3.05) is 25.4 Å². The van der Waals surface area contributed by atoms with Gasteiger partial charge in [-0.05, 0) is 55.0 Å². The zero-order valence-corrected chi connectivity index (χ0v) is 18.7. The van der Waals surface area contributed by atoms with E-state index in [0.29, 0.717) is 11.4 Å². The SMILES string of the molecule is COC1=CCC=C(/N=C(/SC)SCc2c(C)cccc2N(N)C(=O)N(C)N)C=C1. The fraction of sp³-hybridized carbons (Fsp3) is 0.300. The van der Waals surface area contributed by atoms with Gasteiger partial charge in [0.05, 0.1) is 18.5 Å². The molecule has 0 bridgehead atoms. The zero-order valence-electron chi connectivity index (χ0n) is 17.1. The van der Waals surface area contributed by atoms with Crippen molar-refractivity contribution in [1.82, 2.24) is 5.01 Å². The average Bonchev–Trinajstić information content (AvgIpc) is 2.95. The molecular formula is C20H27N5O2S2. The van der Waals surface area contributed by atoms with Crippen molar-refractivity contribution in [2.45, 2.75) is 19.1 Å². The molecule has 0 unspecified atom stereocenters. The van der Waals surface area contributed by atoms with E-state index >= 15 is 0 Å². The number of aliphatic imine (C=N–C) groups is 1. The van der Waals surface area contributed by atoms with E-state index < -0.39 is 6.03 Å². The van der Waals surface area contributed by atoms with Gasteiger partial charge in [-0.2, -0.15) is 0 Å². The third kappa shape index (κ3) is 6.40. The second-order valence-corrected chi connectivity index (χ2v) is 8.23. The van der Waals surface area contributed by atoms with Crippen LogP contribution in [0, 0.1) is 6.92 Å². The van der Waals surface area contributed by atoms with Gasteiger partial charge in [0, 0.05) is 12.8 Å². The summed E-state index contributed by atoms with van der Waals surface area (Å²) in [5, 5.41) is 2.04. The number of amides is 2. The number of hydrazine groups is 2. The number of methoxy groups -OCH3 is 1. The first-order valence-electron chi connectivity index (χ1n) is 8.91. The summed E-state index contributed by atoms with van der Waals surface area (Å²) in [7, 11) is 3.12. The maximum atomic E-state index is 12.2. The number of nitrogens with zero attached hydrogens (tertiary/aromatic N) is 3. The lowest BCUT2D eigenvalue weighted by Gasteiger charge is -2.24. The number of allylic oxidation sites excluding steroid dienone is 4. The third-order valence-corrected chi connectivity index (χ3v) is 6.25. The van der Waals surface area contributed by atoms with Crippen LogP contribution in [-0.2, 0) is 10.5 Å². The molecule has 1 aliphatic rings. The van der Waals surface area contributed by atoms with Crippen LogP contribution in [0.2, 0.25) is 0 Å². The monoisotopic (exact) mass is 433 g/mol. The second-order valence-electron chi connectivity index (χ2n) is 6.22. The zero-order chi connectivity index (χ0) is 21.4. The molecule has 1 aliphatic carbocycles. The molecule has 4 N–H and O–H groups in total. The highest BCUT2D eigenvalue weighted by molar-refractivity contribution is 8.38. The van der Waals surface area contributed by atoms with E-state index in [-0.39, 0.29) is 0 Å². The Bertz CT molecular complexity index is 862. The number of carbonyl (C=O) groups is 1. The van der Waals surface area contributed by atoms with E-state index in [0.717, 1.165) is 43.4 Å². The second kappa shape index (κ2) is 11.1. The molecule has 0 saturated heterocycles. The normalized spacial score (nSPS) is 14.1. The number of carbonyl (C=O) groups excluding carboxylic acids is 1. The molecule has 2 amide bonds. The number of hydrogen-bond acceptors (Lipinski definition) is 7. The van der Waals surface area contributed by atoms with Crippen molar-refractivity contribution in [1.29, 1.82) is 0 Å². The Morgan fingerprint density at radius 2 is 2.03 bits per heavy atom. The van der Waals surface area contributed by atoms with Crippen molar-refractivity contribution in [3.63, 3.8) is 0 Å². The van der Waals surface area contributed by atoms with Crippen LogP contribution in [0.15, 0.2) is 59.0 Å². The lowest BCUT2D eigenvalue weighted by atomic mass is 10.1. The first-order valence-corrected chi connectivity index (χ1v) is 11.1. The first kappa shape index (κ1) is 23.1. The molecule has 0 radical (unpaired) electrons. The quantitative estimate of drug-likeness (QED) is 0.240. The molecule has 29 heavy (non-hydrogen) atoms. The molecule has 1 aromatic carbocycles. The number of thioether (sulfide) groups is 2. The highest BCUT2D eigenvalue weighted by Gasteiger charge is 2.19. The van der Waals surface area contributed by atoms with E-state index in [1.54, 1.807) is 30.6 Å². The van der Waals surface area contributed by atoms with Gasteiger partial charge in [-0.1, -0.05) is 30.0 Å². The Hall–Kier alpha value is -2.20. The van der Waals surface area contributed by atoms with Gasteiger partial charge in [0.1, 0.15) is 10.1 Å². The van der Waals surface area contributed by atoms with Crippen LogP contribution in [0.25, 0.3) is 0 Å². The number of ether oxygens (including phenoxy) is 1. The molecule has 1 aromatic rings. The fourth-order valence-electron chi connectivity index (χ4n) is 2.58. The standard InChI is InChI=1S/C20H27N5O2S2/c1-14-7-5-10-18(25(22)20(26)24(2)21)17(14)13-29-19(28-4)23-15-8-6-9-16(27-3)12-11-15/h5,7-12H,6,13,21-22H2,1-4H3/b23-19-. The predicted molar refractivity (Wildman–Crippen MR) is 124 cm³/mol. The summed E-state index contributed by atoms with van der Waals surface area (Å²) in [6.45, 7) is 1.99. The average molecular weight is 434 g/mol. The highest BCUT2D eigenvalue weighted by atomic mass is 32.2. The lowest BCUT2D eigenvalue weighted by Crippen LogP contribution is -2.49. The first-order chi connectivity index (χ1) is 13.9. The van der Waals surface area contributed by atoms with Crippen LogP contribution >= 0.6 is 23.5 Å². The minimum Gasteiger partial charge on any atom is -0.497 e. The van der Waals surface area contributed by atoms with Crippen molar-refractivity contribution >= 4 is 39.6 Å². The molecule has 0 aromatic heterocycles. The summed E-state index contributed by atoms with van der Waals surface area (Å²) < 4.78 is 6.18. The van der Waals surface area contributed by atoms with E-state index in [4.69, 9.17) is 21.4 Å². The van der Waals surface area contributed by atoms with Gasteiger partial charge in [0.25, 0.3) is 0 Å². The summed E-state index contributed by atoms with van der Waals surface area (Å²) in [5.74, 6) is 13.0. The lowest BCUT2D eigenvalue weighted by molar-refractivity contribution is 0.216. The summed E-state index contributed by atoms with van der Waals surface area (Å²) in [6, 6.07) is 5.19. The fourth-order valence-corrected chi connectivity index (χ4v) is 4.24. The summed E-state index contributed by atoms with van der Waals surface area (Å²) in [5.41, 5.74) is 3.52. The molecule has 9 heteroatoms. The number of urea groups is 1. The number of nitrogens with two attached hydrogens (primary N) is 2. The topological polar surface area (TPSA) is 97.2 Å². The number of aryl methyl sites for hydroxylation is 1. The Morgan fingerprint density at radius 3 is 2.69 bits per heavy atom. The minimum atomic E-state index is -0.490. The summed E-state index contributed by atoms with van der Waals surface area (Å²) >= 11 is 3.18. The maximum Gasteiger partial charge on any atom is 0.352 e. The molecule has 0 aliphatic heterocycles. The highest BCUT2D eigenvalue weighted by Crippen LogP contribution is 2.30. The predicted octanol–water partition coefficient (Wildman–Crippen LogP) is 3.93. The maximum absolute atomic E-state index is 12.2. The van der Waals surface area contributed by atoms with E-state index in [1.807, 2.05) is 49.6 Å². The number of benzene rings is 1. The van der Waals surface area contributed by atoms with Crippen LogP contribution in [0.3, 0.4) is 0 Å². The molecule has 2 rings (SSSR count). The van der Waals surface area contributed by atoms with Crippen LogP contribution in [0.5, 0.6) is 0 Å². The van der Waals surface area contributed by atoms with Gasteiger partial charge < -0.3 is 4.74 Å². The Kier molecular flexibility index (Phi) is 8.84. The molecule has 0 saturated carbocycles. The molecule has 0 atom stereocenters. The van der Waals surface area contributed by atoms with Gasteiger partial charge in [-0.15, -0.1) is 11.8 Å². The van der Waals surface area contributed by atoms with Crippen molar-refractivity contribution < 1.29 is 9.53 Å². The van der Waals surface area contributed by atoms with Gasteiger partial charge in [-0.3, -0.25) is 5.01 Å². The van der Waals surface area contributed by atoms with Crippen molar-refractivity contribution in [3.8, 4) is 0 Å². The molecule has 156 valence electrons. The number of hydrogen-bond donors (Lipinski definition) is 2. The molecule has 0 heterocycles. The van der Waals surface area contributed by atoms with Crippen LogP contribution in [0.4, 0.5) is 10.5 Å². The van der Waals surface area contributed by atoms with Crippen molar-refractivity contribution in [3.05, 3.63) is 65.1 Å². The van der Waals surface area contributed by atoms with Gasteiger partial charge >= 0.3 is 6.03 Å². The largest absolute Gasteiger partial charge is 0.497 e. The summed E-state index contributed by atoms with van der Waals surface area (Å²) in [6.07, 6.45) is 10.7. The molecule has 0 fully saturated rings. The minimum absolute atomic E-state index is 0.490. The van der Waals surface area contributed by atoms with E-state index in [1.165, 1.54) is 7.05 Å².